The van der Waals surface area contributed by atoms with Crippen LogP contribution in [0.5, 0.6) is 0 Å². The van der Waals surface area contributed by atoms with Crippen LogP contribution in [-0.4, -0.2) is 31.1 Å². The summed E-state index contributed by atoms with van der Waals surface area (Å²) < 4.78 is 21.3. The Bertz CT molecular complexity index is 233. The smallest absolute Gasteiger partial charge is 0.303 e. The zero-order valence-electron chi connectivity index (χ0n) is 6.15. The Balaban J connectivity index is 3.90. The van der Waals surface area contributed by atoms with Gasteiger partial charge in [0, 0.05) is 12.7 Å². The lowest BCUT2D eigenvalue weighted by Gasteiger charge is -2.05. The first-order chi connectivity index (χ1) is 4.84. The van der Waals surface area contributed by atoms with E-state index in [1.807, 2.05) is 0 Å². The summed E-state index contributed by atoms with van der Waals surface area (Å²) in [6, 6.07) is 0. The Labute approximate surface area is 65.1 Å². The Kier molecular flexibility index (Phi) is 3.47. The third-order valence-corrected chi connectivity index (χ3v) is 2.53. The minimum absolute atomic E-state index is 0.0336. The molecule has 0 bridgehead atoms. The van der Waals surface area contributed by atoms with Gasteiger partial charge in [0.1, 0.15) is 5.37 Å². The van der Waals surface area contributed by atoms with Gasteiger partial charge in [-0.3, -0.25) is 4.79 Å². The van der Waals surface area contributed by atoms with E-state index in [2.05, 4.69) is 0 Å². The topological polar surface area (TPSA) is 97.5 Å². The summed E-state index contributed by atoms with van der Waals surface area (Å²) in [5.74, 6) is -1.04. The minimum Gasteiger partial charge on any atom is -0.481 e. The molecule has 0 spiro atoms. The predicted octanol–water partition coefficient (Wildman–Crippen LogP) is -0.819. The largest absolute Gasteiger partial charge is 0.481 e. The molecule has 66 valence electrons. The van der Waals surface area contributed by atoms with E-state index in [0.29, 0.717) is 0 Å². The molecule has 0 rings (SSSR count). The average Bonchev–Trinajstić information content (AvgIpc) is 1.80. The van der Waals surface area contributed by atoms with Crippen LogP contribution < -0.4 is 5.73 Å². The van der Waals surface area contributed by atoms with Crippen LogP contribution in [0.4, 0.5) is 0 Å². The van der Waals surface area contributed by atoms with Gasteiger partial charge >= 0.3 is 5.97 Å². The minimum atomic E-state index is -3.28. The highest BCUT2D eigenvalue weighted by Gasteiger charge is 2.15. The Hall–Kier alpha value is -0.620. The van der Waals surface area contributed by atoms with E-state index >= 15 is 0 Å². The molecule has 1 unspecified atom stereocenters. The molecule has 0 amide bonds. The van der Waals surface area contributed by atoms with Crippen molar-refractivity contribution < 1.29 is 18.3 Å². The van der Waals surface area contributed by atoms with Crippen molar-refractivity contribution in [3.8, 4) is 0 Å². The molecule has 0 aliphatic rings. The molecular formula is C5H11NO4S. The molecule has 3 N–H and O–H groups in total. The van der Waals surface area contributed by atoms with Gasteiger partial charge in [0.25, 0.3) is 0 Å². The molecule has 0 aliphatic carbocycles. The number of carbonyl (C=O) groups is 1. The number of rotatable bonds is 4. The number of carboxylic acid groups (broad SMARTS) is 1. The summed E-state index contributed by atoms with van der Waals surface area (Å²) in [6.07, 6.45) is 0.738. The first-order valence-corrected chi connectivity index (χ1v) is 4.95. The quantitative estimate of drug-likeness (QED) is 0.590. The first kappa shape index (κ1) is 10.4. The zero-order chi connectivity index (χ0) is 9.07. The number of hydrogen-bond donors (Lipinski definition) is 2. The van der Waals surface area contributed by atoms with Crippen LogP contribution in [-0.2, 0) is 14.6 Å². The second kappa shape index (κ2) is 3.68. The summed E-state index contributed by atoms with van der Waals surface area (Å²) in [4.78, 5) is 9.98. The van der Waals surface area contributed by atoms with Crippen molar-refractivity contribution in [2.75, 3.05) is 6.26 Å². The molecule has 0 aromatic carbocycles. The molecule has 0 heterocycles. The standard InChI is InChI=1S/C5H11NO4S/c1-11(9,10)4(6)2-3-5(7)8/h4H,2-3,6H2,1H3,(H,7,8). The summed E-state index contributed by atoms with van der Waals surface area (Å²) in [5, 5.41) is 7.12. The average molecular weight is 181 g/mol. The van der Waals surface area contributed by atoms with Crippen molar-refractivity contribution in [3.05, 3.63) is 0 Å². The van der Waals surface area contributed by atoms with Crippen LogP contribution in [0.3, 0.4) is 0 Å². The Morgan fingerprint density at radius 3 is 2.36 bits per heavy atom. The molecule has 0 fully saturated rings. The third kappa shape index (κ3) is 4.74. The highest BCUT2D eigenvalue weighted by atomic mass is 32.2. The van der Waals surface area contributed by atoms with Crippen molar-refractivity contribution in [2.24, 2.45) is 5.73 Å². The molecule has 0 radical (unpaired) electrons. The van der Waals surface area contributed by atoms with Gasteiger partial charge in [-0.25, -0.2) is 8.42 Å². The zero-order valence-corrected chi connectivity index (χ0v) is 6.97. The van der Waals surface area contributed by atoms with Crippen LogP contribution in [0.25, 0.3) is 0 Å². The number of sulfone groups is 1. The van der Waals surface area contributed by atoms with Gasteiger partial charge in [0.15, 0.2) is 9.84 Å². The van der Waals surface area contributed by atoms with Crippen LogP contribution in [0.2, 0.25) is 0 Å². The molecule has 0 aromatic heterocycles. The first-order valence-electron chi connectivity index (χ1n) is 3.00. The Morgan fingerprint density at radius 1 is 1.64 bits per heavy atom. The molecule has 5 nitrogen and oxygen atoms in total. The summed E-state index contributed by atoms with van der Waals surface area (Å²) in [5.41, 5.74) is 5.15. The van der Waals surface area contributed by atoms with Gasteiger partial charge in [-0.15, -0.1) is 0 Å². The van der Waals surface area contributed by atoms with Crippen LogP contribution >= 0.6 is 0 Å². The second-order valence-corrected chi connectivity index (χ2v) is 4.56. The lowest BCUT2D eigenvalue weighted by atomic mass is 10.3. The van der Waals surface area contributed by atoms with Gasteiger partial charge in [-0.05, 0) is 6.42 Å². The van der Waals surface area contributed by atoms with E-state index in [9.17, 15) is 13.2 Å². The van der Waals surface area contributed by atoms with Gasteiger partial charge in [0.2, 0.25) is 0 Å². The van der Waals surface area contributed by atoms with Crippen LogP contribution in [0.15, 0.2) is 0 Å². The van der Waals surface area contributed by atoms with E-state index in [4.69, 9.17) is 10.8 Å². The second-order valence-electron chi connectivity index (χ2n) is 2.30. The highest BCUT2D eigenvalue weighted by molar-refractivity contribution is 7.91. The van der Waals surface area contributed by atoms with Crippen molar-refractivity contribution in [1.82, 2.24) is 0 Å². The lowest BCUT2D eigenvalue weighted by molar-refractivity contribution is -0.137. The molecule has 6 heteroatoms. The van der Waals surface area contributed by atoms with Crippen molar-refractivity contribution >= 4 is 15.8 Å². The molecule has 0 aliphatic heterocycles. The third-order valence-electron chi connectivity index (χ3n) is 1.19. The van der Waals surface area contributed by atoms with E-state index in [1.165, 1.54) is 0 Å². The Morgan fingerprint density at radius 2 is 2.09 bits per heavy atom. The van der Waals surface area contributed by atoms with E-state index in [0.717, 1.165) is 6.26 Å². The van der Waals surface area contributed by atoms with Crippen LogP contribution in [0.1, 0.15) is 12.8 Å². The van der Waals surface area contributed by atoms with Gasteiger partial charge in [-0.1, -0.05) is 0 Å². The fraction of sp³-hybridized carbons (Fsp3) is 0.800. The lowest BCUT2D eigenvalue weighted by Crippen LogP contribution is -2.30. The van der Waals surface area contributed by atoms with Crippen molar-refractivity contribution in [2.45, 2.75) is 18.2 Å². The molecule has 0 saturated carbocycles. The molecular weight excluding hydrogens is 170 g/mol. The van der Waals surface area contributed by atoms with E-state index in [-0.39, 0.29) is 12.8 Å². The normalized spacial score (nSPS) is 14.4. The van der Waals surface area contributed by atoms with Crippen molar-refractivity contribution in [3.63, 3.8) is 0 Å². The summed E-state index contributed by atoms with van der Waals surface area (Å²) >= 11 is 0. The maximum absolute atomic E-state index is 10.6. The van der Waals surface area contributed by atoms with Crippen LogP contribution in [0, 0.1) is 0 Å². The fourth-order valence-corrected chi connectivity index (χ4v) is 1.03. The van der Waals surface area contributed by atoms with Gasteiger partial charge in [-0.2, -0.15) is 0 Å². The SMILES string of the molecule is CS(=O)(=O)C(N)CCC(=O)O. The molecule has 11 heavy (non-hydrogen) atoms. The number of aliphatic carboxylic acids is 1. The summed E-state index contributed by atoms with van der Waals surface area (Å²) in [6.45, 7) is 0. The van der Waals surface area contributed by atoms with Gasteiger partial charge in [0.05, 0.1) is 0 Å². The van der Waals surface area contributed by atoms with E-state index in [1.54, 1.807) is 0 Å². The maximum atomic E-state index is 10.6. The number of hydrogen-bond acceptors (Lipinski definition) is 4. The van der Waals surface area contributed by atoms with Crippen molar-refractivity contribution in [1.29, 1.82) is 0 Å². The highest BCUT2D eigenvalue weighted by Crippen LogP contribution is 2.00. The predicted molar refractivity (Wildman–Crippen MR) is 39.7 cm³/mol. The molecule has 0 saturated heterocycles. The maximum Gasteiger partial charge on any atom is 0.303 e. The summed E-state index contributed by atoms with van der Waals surface area (Å²) in [7, 11) is -3.28. The monoisotopic (exact) mass is 181 g/mol. The van der Waals surface area contributed by atoms with E-state index < -0.39 is 21.2 Å². The van der Waals surface area contributed by atoms with Gasteiger partial charge < -0.3 is 10.8 Å². The fourth-order valence-electron chi connectivity index (χ4n) is 0.480. The molecule has 0 aromatic rings. The number of carboxylic acids is 1. The molecule has 1 atom stereocenters. The number of nitrogens with two attached hydrogens (primary N) is 1.